The van der Waals surface area contributed by atoms with Gasteiger partial charge in [0.2, 0.25) is 0 Å². The van der Waals surface area contributed by atoms with E-state index in [9.17, 15) is 5.11 Å². The first-order valence-electron chi connectivity index (χ1n) is 8.92. The molecule has 1 heterocycles. The van der Waals surface area contributed by atoms with E-state index in [-0.39, 0.29) is 6.10 Å². The molecular formula is C17H32N2O. The number of piperazine rings is 1. The standard InChI is InChI=1S/C17H32N2O/c20-16(12-15-6-2-3-7-15)13-19-11-10-18-14-17(19)8-4-1-5-9-17/h15-16,18,20H,1-14H2. The zero-order valence-electron chi connectivity index (χ0n) is 12.9. The van der Waals surface area contributed by atoms with Crippen molar-refractivity contribution in [2.45, 2.75) is 75.9 Å². The topological polar surface area (TPSA) is 35.5 Å². The molecule has 20 heavy (non-hydrogen) atoms. The van der Waals surface area contributed by atoms with E-state index in [1.807, 2.05) is 0 Å². The average molecular weight is 280 g/mol. The Hall–Kier alpha value is -0.120. The predicted octanol–water partition coefficient (Wildman–Crippen LogP) is 2.54. The second-order valence-corrected chi connectivity index (χ2v) is 7.45. The highest BCUT2D eigenvalue weighted by molar-refractivity contribution is 4.98. The van der Waals surface area contributed by atoms with Gasteiger partial charge in [-0.15, -0.1) is 0 Å². The van der Waals surface area contributed by atoms with Crippen LogP contribution in [0.1, 0.15) is 64.2 Å². The number of aliphatic hydroxyl groups excluding tert-OH is 1. The summed E-state index contributed by atoms with van der Waals surface area (Å²) >= 11 is 0. The molecule has 3 fully saturated rings. The van der Waals surface area contributed by atoms with Crippen LogP contribution >= 0.6 is 0 Å². The number of rotatable bonds is 4. The Bertz CT molecular complexity index is 287. The van der Waals surface area contributed by atoms with E-state index in [4.69, 9.17) is 0 Å². The van der Waals surface area contributed by atoms with Crippen molar-refractivity contribution >= 4 is 0 Å². The fourth-order valence-electron chi connectivity index (χ4n) is 4.83. The smallest absolute Gasteiger partial charge is 0.0670 e. The molecule has 1 saturated heterocycles. The molecule has 0 radical (unpaired) electrons. The predicted molar refractivity (Wildman–Crippen MR) is 82.8 cm³/mol. The largest absolute Gasteiger partial charge is 0.392 e. The molecule has 3 aliphatic rings. The first-order chi connectivity index (χ1) is 9.78. The third-order valence-corrected chi connectivity index (χ3v) is 5.98. The SMILES string of the molecule is OC(CC1CCCC1)CN1CCNCC12CCCCC2. The molecule has 116 valence electrons. The van der Waals surface area contributed by atoms with Crippen molar-refractivity contribution in [2.75, 3.05) is 26.2 Å². The molecule has 1 aliphatic heterocycles. The maximum atomic E-state index is 10.5. The van der Waals surface area contributed by atoms with Crippen molar-refractivity contribution in [1.82, 2.24) is 10.2 Å². The molecule has 3 heteroatoms. The van der Waals surface area contributed by atoms with Gasteiger partial charge in [-0.05, 0) is 25.2 Å². The Morgan fingerprint density at radius 3 is 2.60 bits per heavy atom. The second-order valence-electron chi connectivity index (χ2n) is 7.45. The normalized spacial score (nSPS) is 29.9. The van der Waals surface area contributed by atoms with Crippen LogP contribution < -0.4 is 5.32 Å². The quantitative estimate of drug-likeness (QED) is 0.831. The third kappa shape index (κ3) is 3.37. The highest BCUT2D eigenvalue weighted by atomic mass is 16.3. The Morgan fingerprint density at radius 1 is 1.10 bits per heavy atom. The number of β-amino-alcohol motifs (C(OH)–C–C–N with tert-alkyl or cyclic N) is 1. The summed E-state index contributed by atoms with van der Waals surface area (Å²) in [7, 11) is 0. The number of nitrogens with one attached hydrogen (secondary N) is 1. The molecule has 3 rings (SSSR count). The van der Waals surface area contributed by atoms with Crippen LogP contribution in [-0.4, -0.2) is 47.8 Å². The van der Waals surface area contributed by atoms with Crippen LogP contribution in [0.25, 0.3) is 0 Å². The monoisotopic (exact) mass is 280 g/mol. The van der Waals surface area contributed by atoms with Gasteiger partial charge in [0, 0.05) is 31.7 Å². The summed E-state index contributed by atoms with van der Waals surface area (Å²) in [6.07, 6.45) is 13.2. The van der Waals surface area contributed by atoms with Crippen LogP contribution in [-0.2, 0) is 0 Å². The van der Waals surface area contributed by atoms with Gasteiger partial charge in [-0.25, -0.2) is 0 Å². The van der Waals surface area contributed by atoms with E-state index >= 15 is 0 Å². The van der Waals surface area contributed by atoms with Crippen LogP contribution in [0.3, 0.4) is 0 Å². The minimum atomic E-state index is -0.102. The average Bonchev–Trinajstić information content (AvgIpc) is 2.95. The molecule has 1 unspecified atom stereocenters. The van der Waals surface area contributed by atoms with Gasteiger partial charge in [0.1, 0.15) is 0 Å². The summed E-state index contributed by atoms with van der Waals surface area (Å²) in [6.45, 7) is 4.28. The first kappa shape index (κ1) is 14.8. The van der Waals surface area contributed by atoms with Crippen LogP contribution in [0, 0.1) is 5.92 Å². The van der Waals surface area contributed by atoms with Gasteiger partial charge < -0.3 is 10.4 Å². The van der Waals surface area contributed by atoms with Crippen molar-refractivity contribution in [3.05, 3.63) is 0 Å². The Labute approximate surface area is 124 Å². The van der Waals surface area contributed by atoms with E-state index in [0.29, 0.717) is 5.54 Å². The first-order valence-corrected chi connectivity index (χ1v) is 8.92. The Morgan fingerprint density at radius 2 is 1.85 bits per heavy atom. The number of hydrogen-bond acceptors (Lipinski definition) is 3. The molecule has 0 amide bonds. The summed E-state index contributed by atoms with van der Waals surface area (Å²) < 4.78 is 0. The molecule has 1 spiro atoms. The molecule has 2 N–H and O–H groups in total. The molecule has 1 atom stereocenters. The zero-order chi connectivity index (χ0) is 13.8. The van der Waals surface area contributed by atoms with Gasteiger partial charge in [-0.1, -0.05) is 44.9 Å². The molecule has 2 aliphatic carbocycles. The van der Waals surface area contributed by atoms with Gasteiger partial charge in [0.15, 0.2) is 0 Å². The number of aliphatic hydroxyl groups is 1. The fourth-order valence-corrected chi connectivity index (χ4v) is 4.83. The lowest BCUT2D eigenvalue weighted by Gasteiger charge is -2.50. The van der Waals surface area contributed by atoms with Crippen molar-refractivity contribution in [2.24, 2.45) is 5.92 Å². The van der Waals surface area contributed by atoms with E-state index in [1.54, 1.807) is 0 Å². The molecule has 0 aromatic heterocycles. The molecule has 3 nitrogen and oxygen atoms in total. The van der Waals surface area contributed by atoms with Crippen LogP contribution in [0.5, 0.6) is 0 Å². The van der Waals surface area contributed by atoms with Crippen molar-refractivity contribution < 1.29 is 5.11 Å². The van der Waals surface area contributed by atoms with Crippen LogP contribution in [0.4, 0.5) is 0 Å². The maximum absolute atomic E-state index is 10.5. The van der Waals surface area contributed by atoms with Crippen molar-refractivity contribution in [1.29, 1.82) is 0 Å². The summed E-state index contributed by atoms with van der Waals surface area (Å²) in [5.41, 5.74) is 0.368. The van der Waals surface area contributed by atoms with Gasteiger partial charge in [0.05, 0.1) is 6.10 Å². The lowest BCUT2D eigenvalue weighted by atomic mass is 9.78. The molecular weight excluding hydrogens is 248 g/mol. The van der Waals surface area contributed by atoms with Gasteiger partial charge >= 0.3 is 0 Å². The molecule has 0 aromatic carbocycles. The van der Waals surface area contributed by atoms with E-state index < -0.39 is 0 Å². The minimum absolute atomic E-state index is 0.102. The van der Waals surface area contributed by atoms with Crippen molar-refractivity contribution in [3.63, 3.8) is 0 Å². The van der Waals surface area contributed by atoms with Gasteiger partial charge in [0.25, 0.3) is 0 Å². The van der Waals surface area contributed by atoms with Gasteiger partial charge in [-0.3, -0.25) is 4.90 Å². The van der Waals surface area contributed by atoms with Crippen LogP contribution in [0.15, 0.2) is 0 Å². The highest BCUT2D eigenvalue weighted by Gasteiger charge is 2.40. The molecule has 2 saturated carbocycles. The number of hydrogen-bond donors (Lipinski definition) is 2. The lowest BCUT2D eigenvalue weighted by Crippen LogP contribution is -2.63. The summed E-state index contributed by atoms with van der Waals surface area (Å²) in [4.78, 5) is 2.64. The Kier molecular flexibility index (Phi) is 5.00. The van der Waals surface area contributed by atoms with Gasteiger partial charge in [-0.2, -0.15) is 0 Å². The summed E-state index contributed by atoms with van der Waals surface area (Å²) in [5.74, 6) is 0.801. The lowest BCUT2D eigenvalue weighted by molar-refractivity contribution is -0.0118. The van der Waals surface area contributed by atoms with Crippen LogP contribution in [0.2, 0.25) is 0 Å². The summed E-state index contributed by atoms with van der Waals surface area (Å²) in [5, 5.41) is 14.1. The molecule has 0 bridgehead atoms. The van der Waals surface area contributed by atoms with Crippen molar-refractivity contribution in [3.8, 4) is 0 Å². The van der Waals surface area contributed by atoms with E-state index in [1.165, 1.54) is 57.8 Å². The molecule has 0 aromatic rings. The Balaban J connectivity index is 1.55. The van der Waals surface area contributed by atoms with E-state index in [0.717, 1.165) is 38.5 Å². The highest BCUT2D eigenvalue weighted by Crippen LogP contribution is 2.35. The maximum Gasteiger partial charge on any atom is 0.0670 e. The van der Waals surface area contributed by atoms with E-state index in [2.05, 4.69) is 10.2 Å². The summed E-state index contributed by atoms with van der Waals surface area (Å²) in [6, 6.07) is 0. The zero-order valence-corrected chi connectivity index (χ0v) is 12.9. The minimum Gasteiger partial charge on any atom is -0.392 e. The second kappa shape index (κ2) is 6.76. The fraction of sp³-hybridized carbons (Fsp3) is 1.00. The number of nitrogens with zero attached hydrogens (tertiary/aromatic N) is 1. The third-order valence-electron chi connectivity index (χ3n) is 5.98.